The predicted octanol–water partition coefficient (Wildman–Crippen LogP) is 3.33. The number of aromatic nitrogens is 2. The first-order chi connectivity index (χ1) is 14.6. The summed E-state index contributed by atoms with van der Waals surface area (Å²) in [6, 6.07) is 7.99. The zero-order valence-corrected chi connectivity index (χ0v) is 17.6. The minimum absolute atomic E-state index is 0.00502. The number of rotatable bonds is 8. The van der Waals surface area contributed by atoms with Crippen molar-refractivity contribution in [1.82, 2.24) is 20.6 Å². The number of benzene rings is 1. The Bertz CT molecular complexity index is 866. The number of aryl methyl sites for hydroxylation is 1. The summed E-state index contributed by atoms with van der Waals surface area (Å²) in [5.41, 5.74) is 1.90. The third-order valence-corrected chi connectivity index (χ3v) is 7.51. The molecule has 4 fully saturated rings. The van der Waals surface area contributed by atoms with E-state index in [-0.39, 0.29) is 17.2 Å². The fourth-order valence-electron chi connectivity index (χ4n) is 6.56. The number of carbonyl (C=O) groups is 2. The van der Waals surface area contributed by atoms with Gasteiger partial charge in [0.05, 0.1) is 11.0 Å². The summed E-state index contributed by atoms with van der Waals surface area (Å²) in [7, 11) is 0. The van der Waals surface area contributed by atoms with Gasteiger partial charge in [-0.25, -0.2) is 4.98 Å². The summed E-state index contributed by atoms with van der Waals surface area (Å²) in [5, 5.41) is 6.05. The molecule has 6 rings (SSSR count). The lowest BCUT2D eigenvalue weighted by molar-refractivity contribution is -0.146. The van der Waals surface area contributed by atoms with E-state index in [1.165, 1.54) is 19.3 Å². The lowest BCUT2D eigenvalue weighted by atomic mass is 9.49. The van der Waals surface area contributed by atoms with Crippen molar-refractivity contribution in [1.29, 1.82) is 0 Å². The molecule has 160 valence electrons. The predicted molar refractivity (Wildman–Crippen MR) is 116 cm³/mol. The van der Waals surface area contributed by atoms with Crippen molar-refractivity contribution in [2.75, 3.05) is 13.1 Å². The van der Waals surface area contributed by atoms with Crippen LogP contribution in [-0.2, 0) is 16.0 Å². The molecule has 0 atom stereocenters. The quantitative estimate of drug-likeness (QED) is 0.586. The van der Waals surface area contributed by atoms with E-state index in [0.29, 0.717) is 19.5 Å². The summed E-state index contributed by atoms with van der Waals surface area (Å²) in [6.07, 6.45) is 9.21. The fraction of sp³-hybridized carbons (Fsp3) is 0.625. The summed E-state index contributed by atoms with van der Waals surface area (Å²) in [4.78, 5) is 32.9. The molecule has 1 aromatic heterocycles. The zero-order chi connectivity index (χ0) is 20.6. The highest BCUT2D eigenvalue weighted by atomic mass is 16.2. The number of nitrogens with zero attached hydrogens (tertiary/aromatic N) is 1. The maximum atomic E-state index is 12.9. The Morgan fingerprint density at radius 1 is 1.00 bits per heavy atom. The van der Waals surface area contributed by atoms with E-state index in [4.69, 9.17) is 0 Å². The van der Waals surface area contributed by atoms with Gasteiger partial charge in [0.1, 0.15) is 5.82 Å². The van der Waals surface area contributed by atoms with Crippen molar-refractivity contribution < 1.29 is 9.59 Å². The van der Waals surface area contributed by atoms with Crippen LogP contribution in [0.5, 0.6) is 0 Å². The van der Waals surface area contributed by atoms with E-state index in [0.717, 1.165) is 66.7 Å². The summed E-state index contributed by atoms with van der Waals surface area (Å²) in [5.74, 6) is 3.45. The van der Waals surface area contributed by atoms with Crippen LogP contribution in [0.2, 0.25) is 0 Å². The van der Waals surface area contributed by atoms with E-state index in [1.54, 1.807) is 0 Å². The molecule has 0 aliphatic heterocycles. The van der Waals surface area contributed by atoms with Crippen LogP contribution in [0.4, 0.5) is 0 Å². The van der Waals surface area contributed by atoms with Crippen molar-refractivity contribution in [2.45, 2.75) is 57.8 Å². The molecule has 6 heteroatoms. The highest BCUT2D eigenvalue weighted by Gasteiger charge is 2.54. The van der Waals surface area contributed by atoms with Gasteiger partial charge in [-0.3, -0.25) is 9.59 Å². The number of aromatic amines is 1. The fourth-order valence-corrected chi connectivity index (χ4v) is 6.56. The van der Waals surface area contributed by atoms with Crippen LogP contribution in [0.1, 0.15) is 57.2 Å². The Morgan fingerprint density at radius 2 is 1.70 bits per heavy atom. The largest absolute Gasteiger partial charge is 0.356 e. The van der Waals surface area contributed by atoms with Crippen LogP contribution in [0.3, 0.4) is 0 Å². The third kappa shape index (κ3) is 3.96. The maximum absolute atomic E-state index is 12.9. The van der Waals surface area contributed by atoms with Gasteiger partial charge >= 0.3 is 0 Å². The van der Waals surface area contributed by atoms with Gasteiger partial charge in [-0.2, -0.15) is 0 Å². The number of hydrogen-bond acceptors (Lipinski definition) is 3. The average Bonchev–Trinajstić information content (AvgIpc) is 3.13. The molecule has 1 heterocycles. The number of carbonyl (C=O) groups excluding carboxylic acids is 2. The molecule has 4 aliphatic carbocycles. The van der Waals surface area contributed by atoms with Gasteiger partial charge in [-0.1, -0.05) is 12.1 Å². The minimum Gasteiger partial charge on any atom is -0.356 e. The molecule has 1 aromatic carbocycles. The molecule has 6 nitrogen and oxygen atoms in total. The first-order valence-electron chi connectivity index (χ1n) is 11.6. The Balaban J connectivity index is 1.01. The molecule has 4 bridgehead atoms. The Kier molecular flexibility index (Phi) is 5.25. The second-order valence-electron chi connectivity index (χ2n) is 9.86. The maximum Gasteiger partial charge on any atom is 0.226 e. The van der Waals surface area contributed by atoms with Crippen LogP contribution < -0.4 is 10.6 Å². The van der Waals surface area contributed by atoms with Crippen molar-refractivity contribution in [2.24, 2.45) is 23.2 Å². The topological polar surface area (TPSA) is 86.9 Å². The molecule has 4 saturated carbocycles. The molecule has 0 radical (unpaired) electrons. The minimum atomic E-state index is -0.127. The average molecular weight is 409 g/mol. The van der Waals surface area contributed by atoms with Crippen molar-refractivity contribution in [3.05, 3.63) is 30.1 Å². The van der Waals surface area contributed by atoms with E-state index < -0.39 is 0 Å². The third-order valence-electron chi connectivity index (χ3n) is 7.51. The van der Waals surface area contributed by atoms with Crippen LogP contribution in [0.25, 0.3) is 11.0 Å². The second kappa shape index (κ2) is 8.05. The summed E-state index contributed by atoms with van der Waals surface area (Å²) in [6.45, 7) is 1.06. The molecule has 2 amide bonds. The van der Waals surface area contributed by atoms with Gasteiger partial charge in [-0.05, 0) is 74.8 Å². The van der Waals surface area contributed by atoms with Gasteiger partial charge < -0.3 is 15.6 Å². The lowest BCUT2D eigenvalue weighted by Crippen LogP contribution is -2.53. The summed E-state index contributed by atoms with van der Waals surface area (Å²) < 4.78 is 0. The lowest BCUT2D eigenvalue weighted by Gasteiger charge is -2.55. The number of fused-ring (bicyclic) bond motifs is 1. The smallest absolute Gasteiger partial charge is 0.226 e. The van der Waals surface area contributed by atoms with Crippen LogP contribution in [-0.4, -0.2) is 34.9 Å². The molecule has 30 heavy (non-hydrogen) atoms. The summed E-state index contributed by atoms with van der Waals surface area (Å²) >= 11 is 0. The number of imidazole rings is 1. The van der Waals surface area contributed by atoms with Gasteiger partial charge in [0.15, 0.2) is 0 Å². The molecule has 4 aliphatic rings. The molecule has 3 N–H and O–H groups in total. The molecular weight excluding hydrogens is 376 g/mol. The monoisotopic (exact) mass is 408 g/mol. The Hall–Kier alpha value is -2.37. The van der Waals surface area contributed by atoms with Gasteiger partial charge in [0, 0.05) is 31.3 Å². The molecular formula is C24H32N4O2. The SMILES string of the molecule is O=C(CCNC(=O)C12CC3CC(CC(C3)C1)C2)NCCCc1nc2ccccc2[nH]1. The number of hydrogen-bond donors (Lipinski definition) is 3. The molecule has 2 aromatic rings. The van der Waals surface area contributed by atoms with E-state index in [1.807, 2.05) is 24.3 Å². The van der Waals surface area contributed by atoms with E-state index >= 15 is 0 Å². The van der Waals surface area contributed by atoms with Gasteiger partial charge in [0.25, 0.3) is 0 Å². The first-order valence-corrected chi connectivity index (χ1v) is 11.6. The van der Waals surface area contributed by atoms with Crippen molar-refractivity contribution >= 4 is 22.8 Å². The highest BCUT2D eigenvalue weighted by Crippen LogP contribution is 2.60. The van der Waals surface area contributed by atoms with E-state index in [9.17, 15) is 9.59 Å². The normalized spacial score (nSPS) is 29.3. The zero-order valence-electron chi connectivity index (χ0n) is 17.6. The number of amides is 2. The number of H-pyrrole nitrogens is 1. The van der Waals surface area contributed by atoms with Crippen LogP contribution in [0, 0.1) is 23.2 Å². The number of nitrogens with one attached hydrogen (secondary N) is 3. The molecule has 0 saturated heterocycles. The van der Waals surface area contributed by atoms with Crippen LogP contribution >= 0.6 is 0 Å². The molecule has 0 spiro atoms. The highest BCUT2D eigenvalue weighted by molar-refractivity contribution is 5.84. The van der Waals surface area contributed by atoms with Crippen molar-refractivity contribution in [3.8, 4) is 0 Å². The van der Waals surface area contributed by atoms with Crippen LogP contribution in [0.15, 0.2) is 24.3 Å². The molecule has 0 unspecified atom stereocenters. The van der Waals surface area contributed by atoms with Gasteiger partial charge in [0.2, 0.25) is 11.8 Å². The van der Waals surface area contributed by atoms with Crippen molar-refractivity contribution in [3.63, 3.8) is 0 Å². The van der Waals surface area contributed by atoms with Gasteiger partial charge in [-0.15, -0.1) is 0 Å². The Morgan fingerprint density at radius 3 is 2.40 bits per heavy atom. The second-order valence-corrected chi connectivity index (χ2v) is 9.86. The standard InChI is InChI=1S/C24H32N4O2/c29-22(25-8-3-6-21-27-19-4-1-2-5-20(19)28-21)7-9-26-23(30)24-13-16-10-17(14-24)12-18(11-16)15-24/h1-2,4-5,16-18H,3,6-15H2,(H,25,29)(H,26,30)(H,27,28). The number of para-hydroxylation sites is 2. The first kappa shape index (κ1) is 19.6. The van der Waals surface area contributed by atoms with E-state index in [2.05, 4.69) is 20.6 Å². The Labute approximate surface area is 177 Å².